The smallest absolute Gasteiger partial charge is 0.238 e. The van der Waals surface area contributed by atoms with Crippen LogP contribution >= 0.6 is 0 Å². The molecule has 4 nitrogen and oxygen atoms in total. The van der Waals surface area contributed by atoms with Crippen molar-refractivity contribution in [2.75, 3.05) is 0 Å². The Morgan fingerprint density at radius 1 is 0.947 bits per heavy atom. The van der Waals surface area contributed by atoms with Gasteiger partial charge < -0.3 is 0 Å². The lowest BCUT2D eigenvalue weighted by molar-refractivity contribution is -0.230. The van der Waals surface area contributed by atoms with Crippen LogP contribution in [0.3, 0.4) is 0 Å². The first-order valence-electron chi connectivity index (χ1n) is 15.5. The molecule has 4 heteroatoms. The van der Waals surface area contributed by atoms with Gasteiger partial charge in [0.15, 0.2) is 0 Å². The number of rotatable bonds is 2. The highest BCUT2D eigenvalue weighted by Gasteiger charge is 2.72. The van der Waals surface area contributed by atoms with Crippen LogP contribution in [-0.2, 0) is 4.79 Å². The highest BCUT2D eigenvalue weighted by molar-refractivity contribution is 5.87. The van der Waals surface area contributed by atoms with Gasteiger partial charge in [0.1, 0.15) is 11.6 Å². The second kappa shape index (κ2) is 8.16. The molecule has 1 aromatic heterocycles. The Bertz CT molecular complexity index is 1190. The maximum absolute atomic E-state index is 14.4. The van der Waals surface area contributed by atoms with E-state index in [9.17, 15) is 9.59 Å². The Hall–Kier alpha value is -1.71. The third-order valence-corrected chi connectivity index (χ3v) is 14.3. The van der Waals surface area contributed by atoms with E-state index in [-0.39, 0.29) is 27.1 Å². The maximum atomic E-state index is 14.4. The number of aryl methyl sites for hydroxylation is 1. The second-order valence-corrected chi connectivity index (χ2v) is 15.6. The molecule has 9 atom stereocenters. The summed E-state index contributed by atoms with van der Waals surface area (Å²) in [4.78, 5) is 31.9. The lowest BCUT2D eigenvalue weighted by atomic mass is 9.32. The first-order chi connectivity index (χ1) is 17.7. The standard InChI is InChI=1S/C34H50N2O2/c1-21(2)23-11-16-34(29(38)36-20-19-35-22(36)3)18-17-32(7)24(28(23)34)9-10-26-31(6)14-13-27(37)30(4,5)25(31)12-15-33(26,32)8/h19-20,23-26,28H,1,9-18H2,2-8H3/t23-,24?,25?,26?,28?,31-,32+,33+,34-/m0/s1. The number of carbonyl (C=O) groups excluding carboxylic acids is 2. The van der Waals surface area contributed by atoms with Crippen LogP contribution in [0.25, 0.3) is 0 Å². The first-order valence-corrected chi connectivity index (χ1v) is 15.5. The Balaban J connectivity index is 1.42. The molecule has 6 rings (SSSR count). The van der Waals surface area contributed by atoms with Crippen LogP contribution in [0.5, 0.6) is 0 Å². The molecule has 0 aliphatic heterocycles. The molecular formula is C34H50N2O2. The number of Topliss-reactive ketones (excluding diaryl/α,β-unsaturated/α-hetero) is 1. The molecule has 1 aromatic rings. The van der Waals surface area contributed by atoms with Gasteiger partial charge in [-0.25, -0.2) is 4.98 Å². The van der Waals surface area contributed by atoms with Crippen molar-refractivity contribution >= 4 is 11.7 Å². The van der Waals surface area contributed by atoms with Crippen molar-refractivity contribution in [1.82, 2.24) is 9.55 Å². The van der Waals surface area contributed by atoms with E-state index >= 15 is 0 Å². The predicted octanol–water partition coefficient (Wildman–Crippen LogP) is 8.06. The van der Waals surface area contributed by atoms with Gasteiger partial charge >= 0.3 is 0 Å². The number of fused-ring (bicyclic) bond motifs is 7. The van der Waals surface area contributed by atoms with Crippen LogP contribution in [-0.4, -0.2) is 21.2 Å². The molecule has 0 amide bonds. The van der Waals surface area contributed by atoms with Crippen molar-refractivity contribution in [3.63, 3.8) is 0 Å². The minimum absolute atomic E-state index is 0.200. The van der Waals surface area contributed by atoms with E-state index in [0.29, 0.717) is 41.3 Å². The minimum atomic E-state index is -0.303. The third kappa shape index (κ3) is 3.07. The highest BCUT2D eigenvalue weighted by atomic mass is 16.2. The van der Waals surface area contributed by atoms with Gasteiger partial charge in [-0.3, -0.25) is 14.2 Å². The molecule has 5 fully saturated rings. The van der Waals surface area contributed by atoms with Crippen LogP contribution in [0.15, 0.2) is 24.5 Å². The molecule has 38 heavy (non-hydrogen) atoms. The molecule has 5 aliphatic carbocycles. The van der Waals surface area contributed by atoms with Gasteiger partial charge in [-0.1, -0.05) is 46.8 Å². The van der Waals surface area contributed by atoms with E-state index in [1.165, 1.54) is 24.8 Å². The van der Waals surface area contributed by atoms with E-state index in [0.717, 1.165) is 50.8 Å². The molecular weight excluding hydrogens is 468 g/mol. The summed E-state index contributed by atoms with van der Waals surface area (Å²) in [5.74, 6) is 4.03. The van der Waals surface area contributed by atoms with Crippen molar-refractivity contribution in [2.45, 2.75) is 113 Å². The number of hydrogen-bond donors (Lipinski definition) is 0. The fourth-order valence-electron chi connectivity index (χ4n) is 12.1. The average Bonchev–Trinajstić information content (AvgIpc) is 3.46. The molecule has 0 aromatic carbocycles. The van der Waals surface area contributed by atoms with Gasteiger partial charge in [-0.2, -0.15) is 0 Å². The zero-order valence-electron chi connectivity index (χ0n) is 25.0. The summed E-state index contributed by atoms with van der Waals surface area (Å²) in [7, 11) is 0. The summed E-state index contributed by atoms with van der Waals surface area (Å²) in [5.41, 5.74) is 1.42. The molecule has 0 saturated heterocycles. The summed E-state index contributed by atoms with van der Waals surface area (Å²) < 4.78 is 1.86. The van der Waals surface area contributed by atoms with Gasteiger partial charge in [0, 0.05) is 24.2 Å². The molecule has 5 aliphatic rings. The molecule has 0 radical (unpaired) electrons. The molecule has 0 bridgehead atoms. The summed E-state index contributed by atoms with van der Waals surface area (Å²) >= 11 is 0. The Morgan fingerprint density at radius 3 is 2.34 bits per heavy atom. The largest absolute Gasteiger partial charge is 0.299 e. The number of nitrogens with zero attached hydrogens (tertiary/aromatic N) is 2. The SMILES string of the molecule is C=C(C)[C@@H]1CC[C@]2(C(=O)n3ccnc3C)CC[C@]3(C)C(CCC4[C@@]5(C)CCC(=O)C(C)(C)C5CC[C@]43C)C12. The van der Waals surface area contributed by atoms with Crippen molar-refractivity contribution in [3.05, 3.63) is 30.4 Å². The van der Waals surface area contributed by atoms with E-state index in [4.69, 9.17) is 0 Å². The molecule has 208 valence electrons. The predicted molar refractivity (Wildman–Crippen MR) is 152 cm³/mol. The normalized spacial score (nSPS) is 47.4. The minimum Gasteiger partial charge on any atom is -0.299 e. The van der Waals surface area contributed by atoms with Gasteiger partial charge in [0.2, 0.25) is 5.91 Å². The first kappa shape index (κ1) is 26.5. The zero-order valence-corrected chi connectivity index (χ0v) is 25.0. The molecule has 0 spiro atoms. The highest BCUT2D eigenvalue weighted by Crippen LogP contribution is 2.77. The number of hydrogen-bond acceptors (Lipinski definition) is 3. The fraction of sp³-hybridized carbons (Fsp3) is 0.794. The molecule has 0 N–H and O–H groups in total. The third-order valence-electron chi connectivity index (χ3n) is 14.3. The van der Waals surface area contributed by atoms with Crippen molar-refractivity contribution in [1.29, 1.82) is 0 Å². The Morgan fingerprint density at radius 2 is 1.68 bits per heavy atom. The van der Waals surface area contributed by atoms with Crippen LogP contribution in [0.4, 0.5) is 0 Å². The summed E-state index contributed by atoms with van der Waals surface area (Å²) in [6.07, 6.45) is 14.5. The van der Waals surface area contributed by atoms with Gasteiger partial charge in [-0.15, -0.1) is 0 Å². The number of carbonyl (C=O) groups is 2. The summed E-state index contributed by atoms with van der Waals surface area (Å²) in [6, 6.07) is 0. The molecule has 1 heterocycles. The van der Waals surface area contributed by atoms with Crippen LogP contribution < -0.4 is 0 Å². The van der Waals surface area contributed by atoms with Gasteiger partial charge in [0.25, 0.3) is 0 Å². The Kier molecular flexibility index (Phi) is 5.70. The van der Waals surface area contributed by atoms with Crippen molar-refractivity contribution in [2.24, 2.45) is 56.7 Å². The van der Waals surface area contributed by atoms with E-state index < -0.39 is 0 Å². The second-order valence-electron chi connectivity index (χ2n) is 15.6. The van der Waals surface area contributed by atoms with Crippen molar-refractivity contribution in [3.8, 4) is 0 Å². The van der Waals surface area contributed by atoms with Crippen LogP contribution in [0.2, 0.25) is 0 Å². The topological polar surface area (TPSA) is 52.0 Å². The summed E-state index contributed by atoms with van der Waals surface area (Å²) in [5, 5.41) is 0. The van der Waals surface area contributed by atoms with Crippen molar-refractivity contribution < 1.29 is 9.59 Å². The fourth-order valence-corrected chi connectivity index (χ4v) is 12.1. The quantitative estimate of drug-likeness (QED) is 0.372. The Labute approximate surface area is 230 Å². The maximum Gasteiger partial charge on any atom is 0.238 e. The van der Waals surface area contributed by atoms with Crippen LogP contribution in [0.1, 0.15) is 116 Å². The number of aromatic nitrogens is 2. The van der Waals surface area contributed by atoms with E-state index in [1.807, 2.05) is 17.7 Å². The van der Waals surface area contributed by atoms with Crippen LogP contribution in [0, 0.1) is 63.6 Å². The lowest BCUT2D eigenvalue weighted by Gasteiger charge is -2.72. The monoisotopic (exact) mass is 518 g/mol. The molecule has 5 saturated carbocycles. The van der Waals surface area contributed by atoms with Gasteiger partial charge in [0.05, 0.1) is 5.41 Å². The number of allylic oxidation sites excluding steroid dienone is 1. The average molecular weight is 519 g/mol. The zero-order chi connectivity index (χ0) is 27.5. The molecule has 4 unspecified atom stereocenters. The summed E-state index contributed by atoms with van der Waals surface area (Å²) in [6.45, 7) is 20.9. The number of imidazole rings is 1. The van der Waals surface area contributed by atoms with E-state index in [1.54, 1.807) is 6.20 Å². The number of ketones is 1. The van der Waals surface area contributed by atoms with Gasteiger partial charge in [-0.05, 0) is 117 Å². The lowest BCUT2D eigenvalue weighted by Crippen LogP contribution is -2.66. The van der Waals surface area contributed by atoms with E-state index in [2.05, 4.69) is 53.1 Å².